The minimum absolute atomic E-state index is 0.105. The summed E-state index contributed by atoms with van der Waals surface area (Å²) in [6.45, 7) is 0. The Morgan fingerprint density at radius 3 is 2.75 bits per heavy atom. The van der Waals surface area contributed by atoms with E-state index in [1.807, 2.05) is 54.0 Å². The summed E-state index contributed by atoms with van der Waals surface area (Å²) in [6.07, 6.45) is 3.08. The molecule has 0 saturated heterocycles. The van der Waals surface area contributed by atoms with E-state index in [1.54, 1.807) is 0 Å². The first-order valence-corrected chi connectivity index (χ1v) is 8.15. The van der Waals surface area contributed by atoms with Gasteiger partial charge in [-0.2, -0.15) is 0 Å². The van der Waals surface area contributed by atoms with Gasteiger partial charge in [-0.15, -0.1) is 0 Å². The Hall–Kier alpha value is -2.56. The average molecular weight is 324 g/mol. The highest BCUT2D eigenvalue weighted by atomic mass is 16.5. The monoisotopic (exact) mass is 324 g/mol. The molecular weight excluding hydrogens is 304 g/mol. The van der Waals surface area contributed by atoms with Crippen LogP contribution in [-0.4, -0.2) is 41.4 Å². The quantitative estimate of drug-likeness (QED) is 0.757. The predicted octanol–water partition coefficient (Wildman–Crippen LogP) is 2.61. The molecular formula is C19H20N2O3. The Kier molecular flexibility index (Phi) is 3.27. The van der Waals surface area contributed by atoms with Crippen LogP contribution in [0.25, 0.3) is 10.9 Å². The summed E-state index contributed by atoms with van der Waals surface area (Å²) in [5, 5.41) is 1.05. The van der Waals surface area contributed by atoms with Crippen LogP contribution in [0.4, 0.5) is 0 Å². The molecule has 4 rings (SSSR count). The molecule has 0 saturated carbocycles. The Balaban J connectivity index is 2.03. The number of esters is 1. The molecule has 1 aliphatic heterocycles. The molecule has 1 aromatic heterocycles. The lowest BCUT2D eigenvalue weighted by molar-refractivity contribution is -0.136. The van der Waals surface area contributed by atoms with Crippen molar-refractivity contribution in [2.24, 2.45) is 7.05 Å². The number of carbonyl (C=O) groups is 2. The zero-order valence-electron chi connectivity index (χ0n) is 14.1. The minimum Gasteiger partial charge on any atom is -0.466 e. The molecule has 124 valence electrons. The molecule has 2 bridgehead atoms. The topological polar surface area (TPSA) is 51.5 Å². The first-order valence-electron chi connectivity index (χ1n) is 8.15. The third kappa shape index (κ3) is 1.94. The number of fused-ring (bicyclic) bond motifs is 6. The third-order valence-corrected chi connectivity index (χ3v) is 5.40. The number of hydrogen-bond donors (Lipinski definition) is 0. The Bertz CT molecular complexity index is 893. The highest BCUT2D eigenvalue weighted by molar-refractivity contribution is 6.05. The highest BCUT2D eigenvalue weighted by Gasteiger charge is 2.41. The SMILES string of the molecule is COC(=O)C1=CN(C)[C@@H]2CC(=O)c3c(c4ccccc4n3C)[C@H]1C2. The van der Waals surface area contributed by atoms with Crippen LogP contribution in [-0.2, 0) is 16.6 Å². The lowest BCUT2D eigenvalue weighted by Crippen LogP contribution is -2.35. The zero-order valence-corrected chi connectivity index (χ0v) is 14.1. The van der Waals surface area contributed by atoms with Gasteiger partial charge in [0.1, 0.15) is 0 Å². The van der Waals surface area contributed by atoms with Crippen molar-refractivity contribution in [1.82, 2.24) is 9.47 Å². The lowest BCUT2D eigenvalue weighted by atomic mass is 9.83. The summed E-state index contributed by atoms with van der Waals surface area (Å²) in [7, 11) is 5.26. The molecule has 24 heavy (non-hydrogen) atoms. The van der Waals surface area contributed by atoms with Gasteiger partial charge < -0.3 is 14.2 Å². The maximum absolute atomic E-state index is 12.9. The highest BCUT2D eigenvalue weighted by Crippen LogP contribution is 2.44. The second-order valence-corrected chi connectivity index (χ2v) is 6.65. The lowest BCUT2D eigenvalue weighted by Gasteiger charge is -2.34. The molecule has 0 unspecified atom stereocenters. The van der Waals surface area contributed by atoms with Crippen LogP contribution in [0.2, 0.25) is 0 Å². The Labute approximate surface area is 140 Å². The van der Waals surface area contributed by atoms with E-state index in [4.69, 9.17) is 4.74 Å². The van der Waals surface area contributed by atoms with Crippen LogP contribution in [0.15, 0.2) is 36.0 Å². The van der Waals surface area contributed by atoms with Crippen LogP contribution in [0.3, 0.4) is 0 Å². The molecule has 0 amide bonds. The van der Waals surface area contributed by atoms with E-state index in [1.165, 1.54) is 7.11 Å². The van der Waals surface area contributed by atoms with Gasteiger partial charge in [-0.1, -0.05) is 18.2 Å². The number of ether oxygens (including phenoxy) is 1. The minimum atomic E-state index is -0.321. The van der Waals surface area contributed by atoms with Crippen molar-refractivity contribution < 1.29 is 14.3 Å². The van der Waals surface area contributed by atoms with Crippen molar-refractivity contribution >= 4 is 22.7 Å². The van der Waals surface area contributed by atoms with Gasteiger partial charge in [0.2, 0.25) is 0 Å². The molecule has 0 radical (unpaired) electrons. The van der Waals surface area contributed by atoms with Crippen molar-refractivity contribution in [3.63, 3.8) is 0 Å². The molecule has 2 aliphatic rings. The van der Waals surface area contributed by atoms with E-state index in [2.05, 4.69) is 0 Å². The summed E-state index contributed by atoms with van der Waals surface area (Å²) < 4.78 is 6.98. The molecule has 5 nitrogen and oxygen atoms in total. The van der Waals surface area contributed by atoms with Crippen molar-refractivity contribution in [1.29, 1.82) is 0 Å². The number of rotatable bonds is 1. The first kappa shape index (κ1) is 15.0. The number of aromatic nitrogens is 1. The van der Waals surface area contributed by atoms with Gasteiger partial charge in [-0.3, -0.25) is 4.79 Å². The van der Waals surface area contributed by atoms with E-state index in [9.17, 15) is 9.59 Å². The van der Waals surface area contributed by atoms with E-state index < -0.39 is 0 Å². The summed E-state index contributed by atoms with van der Waals surface area (Å²) in [5.41, 5.74) is 3.36. The zero-order chi connectivity index (χ0) is 17.0. The maximum Gasteiger partial charge on any atom is 0.335 e. The van der Waals surface area contributed by atoms with E-state index in [-0.39, 0.29) is 23.7 Å². The second-order valence-electron chi connectivity index (χ2n) is 6.65. The van der Waals surface area contributed by atoms with E-state index in [0.717, 1.165) is 28.6 Å². The largest absolute Gasteiger partial charge is 0.466 e. The van der Waals surface area contributed by atoms with Gasteiger partial charge >= 0.3 is 5.97 Å². The standard InChI is InChI=1S/C19H20N2O3/c1-20-10-14(19(23)24-3)13-8-11(20)9-16(22)18-17(13)12-6-4-5-7-15(12)21(18)2/h4-7,10-11,13H,8-9H2,1-3H3/t11-,13-/m0/s1. The van der Waals surface area contributed by atoms with Crippen molar-refractivity contribution in [3.05, 3.63) is 47.3 Å². The molecule has 0 N–H and O–H groups in total. The van der Waals surface area contributed by atoms with Crippen LogP contribution < -0.4 is 0 Å². The molecule has 5 heteroatoms. The number of Topliss-reactive ketones (excluding diaryl/α,β-unsaturated/α-hetero) is 1. The predicted molar refractivity (Wildman–Crippen MR) is 90.9 cm³/mol. The molecule has 2 atom stereocenters. The fourth-order valence-corrected chi connectivity index (χ4v) is 4.22. The van der Waals surface area contributed by atoms with Gasteiger partial charge in [0.15, 0.2) is 5.78 Å². The number of aryl methyl sites for hydroxylation is 1. The Morgan fingerprint density at radius 1 is 1.25 bits per heavy atom. The van der Waals surface area contributed by atoms with Crippen molar-refractivity contribution in [2.75, 3.05) is 14.2 Å². The average Bonchev–Trinajstić information content (AvgIpc) is 2.81. The van der Waals surface area contributed by atoms with Gasteiger partial charge in [-0.05, 0) is 18.1 Å². The normalized spacial score (nSPS) is 22.9. The van der Waals surface area contributed by atoms with Crippen LogP contribution in [0.1, 0.15) is 34.8 Å². The van der Waals surface area contributed by atoms with Crippen LogP contribution >= 0.6 is 0 Å². The fourth-order valence-electron chi connectivity index (χ4n) is 4.22. The molecule has 1 aliphatic carbocycles. The third-order valence-electron chi connectivity index (χ3n) is 5.40. The number of para-hydroxylation sites is 1. The summed E-state index contributed by atoms with van der Waals surface area (Å²) in [4.78, 5) is 27.3. The van der Waals surface area contributed by atoms with E-state index in [0.29, 0.717) is 12.0 Å². The summed E-state index contributed by atoms with van der Waals surface area (Å²) in [5.74, 6) is -0.285. The number of benzene rings is 1. The number of ketones is 1. The van der Waals surface area contributed by atoms with Crippen LogP contribution in [0, 0.1) is 0 Å². The maximum atomic E-state index is 12.9. The van der Waals surface area contributed by atoms with Gasteiger partial charge in [-0.25, -0.2) is 4.79 Å². The molecule has 1 aromatic carbocycles. The number of hydrogen-bond acceptors (Lipinski definition) is 4. The first-order chi connectivity index (χ1) is 11.5. The number of methoxy groups -OCH3 is 1. The van der Waals surface area contributed by atoms with E-state index >= 15 is 0 Å². The van der Waals surface area contributed by atoms with Crippen LogP contribution in [0.5, 0.6) is 0 Å². The van der Waals surface area contributed by atoms with Crippen molar-refractivity contribution in [2.45, 2.75) is 24.8 Å². The number of carbonyl (C=O) groups excluding carboxylic acids is 2. The van der Waals surface area contributed by atoms with Gasteiger partial charge in [0.25, 0.3) is 0 Å². The summed E-state index contributed by atoms with van der Waals surface area (Å²) in [6, 6.07) is 8.12. The molecule has 2 aromatic rings. The second kappa shape index (κ2) is 5.23. The Morgan fingerprint density at radius 2 is 2.00 bits per heavy atom. The van der Waals surface area contributed by atoms with Gasteiger partial charge in [0, 0.05) is 49.6 Å². The smallest absolute Gasteiger partial charge is 0.335 e. The molecule has 2 heterocycles. The fraction of sp³-hybridized carbons (Fsp3) is 0.368. The van der Waals surface area contributed by atoms with Gasteiger partial charge in [0.05, 0.1) is 18.4 Å². The number of nitrogens with zero attached hydrogens (tertiary/aromatic N) is 2. The molecule has 0 fully saturated rings. The van der Waals surface area contributed by atoms with Crippen molar-refractivity contribution in [3.8, 4) is 0 Å². The summed E-state index contributed by atoms with van der Waals surface area (Å²) >= 11 is 0. The molecule has 0 spiro atoms.